The van der Waals surface area contributed by atoms with E-state index >= 15 is 0 Å². The molecule has 1 atom stereocenters. The van der Waals surface area contributed by atoms with Gasteiger partial charge in [0.2, 0.25) is 0 Å². The van der Waals surface area contributed by atoms with Crippen LogP contribution in [0.4, 0.5) is 0 Å². The van der Waals surface area contributed by atoms with Gasteiger partial charge in [0.15, 0.2) is 5.69 Å². The minimum atomic E-state index is -4.00. The van der Waals surface area contributed by atoms with Gasteiger partial charge >= 0.3 is 10.1 Å². The minimum absolute atomic E-state index is 0.00614. The van der Waals surface area contributed by atoms with Crippen LogP contribution in [0.3, 0.4) is 0 Å². The van der Waals surface area contributed by atoms with Crippen molar-refractivity contribution in [3.8, 4) is 11.9 Å². The lowest BCUT2D eigenvalue weighted by atomic mass is 10.0. The zero-order valence-electron chi connectivity index (χ0n) is 11.8. The first-order valence-corrected chi connectivity index (χ1v) is 7.85. The fourth-order valence-corrected chi connectivity index (χ4v) is 2.56. The van der Waals surface area contributed by atoms with Crippen LogP contribution in [0.5, 0.6) is 5.88 Å². The molecule has 114 valence electrons. The summed E-state index contributed by atoms with van der Waals surface area (Å²) in [4.78, 5) is 0.00614. The van der Waals surface area contributed by atoms with Crippen LogP contribution in [-0.4, -0.2) is 25.2 Å². The topological polar surface area (TPSA) is 119 Å². The molecule has 0 amide bonds. The van der Waals surface area contributed by atoms with Crippen LogP contribution < -0.4 is 9.92 Å². The fourth-order valence-electron chi connectivity index (χ4n) is 1.68. The molecule has 2 N–H and O–H groups in total. The van der Waals surface area contributed by atoms with Crippen LogP contribution in [0.25, 0.3) is 0 Å². The largest absolute Gasteiger partial charge is 0.357 e. The van der Waals surface area contributed by atoms with E-state index in [4.69, 9.17) is 15.2 Å². The van der Waals surface area contributed by atoms with Gasteiger partial charge in [-0.05, 0) is 36.2 Å². The maximum Gasteiger partial charge on any atom is 0.340 e. The Morgan fingerprint density at radius 1 is 1.23 bits per heavy atom. The second-order valence-corrected chi connectivity index (χ2v) is 6.16. The summed E-state index contributed by atoms with van der Waals surface area (Å²) in [5.41, 5.74) is 6.59. The van der Waals surface area contributed by atoms with Crippen molar-refractivity contribution in [1.82, 2.24) is 10.2 Å². The molecule has 2 aromatic rings. The molecule has 1 aromatic carbocycles. The third-order valence-electron chi connectivity index (χ3n) is 3.04. The maximum atomic E-state index is 12.1. The zero-order valence-corrected chi connectivity index (χ0v) is 12.6. The molecule has 0 bridgehead atoms. The highest BCUT2D eigenvalue weighted by molar-refractivity contribution is 7.87. The minimum Gasteiger partial charge on any atom is -0.357 e. The van der Waals surface area contributed by atoms with E-state index in [1.807, 2.05) is 6.92 Å². The van der Waals surface area contributed by atoms with Gasteiger partial charge in [0.25, 0.3) is 5.88 Å². The highest BCUT2D eigenvalue weighted by Crippen LogP contribution is 2.19. The van der Waals surface area contributed by atoms with Gasteiger partial charge in [-0.1, -0.05) is 19.1 Å². The van der Waals surface area contributed by atoms with E-state index in [0.717, 1.165) is 5.56 Å². The van der Waals surface area contributed by atoms with E-state index in [1.54, 1.807) is 18.2 Å². The predicted molar refractivity (Wildman–Crippen MR) is 78.5 cm³/mol. The first-order chi connectivity index (χ1) is 10.5. The molecule has 0 aliphatic carbocycles. The molecule has 8 heteroatoms. The van der Waals surface area contributed by atoms with Crippen LogP contribution in [0, 0.1) is 11.3 Å². The normalized spacial score (nSPS) is 12.4. The Morgan fingerprint density at radius 3 is 2.41 bits per heavy atom. The Hall–Kier alpha value is -2.50. The van der Waals surface area contributed by atoms with Gasteiger partial charge in [0.1, 0.15) is 11.0 Å². The van der Waals surface area contributed by atoms with Crippen molar-refractivity contribution in [2.75, 3.05) is 6.54 Å². The summed E-state index contributed by atoms with van der Waals surface area (Å²) in [6.07, 6.45) is 0. The smallest absolute Gasteiger partial charge is 0.340 e. The lowest BCUT2D eigenvalue weighted by Gasteiger charge is -2.10. The van der Waals surface area contributed by atoms with Crippen molar-refractivity contribution in [2.24, 2.45) is 5.73 Å². The summed E-state index contributed by atoms with van der Waals surface area (Å²) < 4.78 is 29.1. The zero-order chi connectivity index (χ0) is 16.2. The first kappa shape index (κ1) is 15.9. The van der Waals surface area contributed by atoms with E-state index in [9.17, 15) is 8.42 Å². The molecule has 7 nitrogen and oxygen atoms in total. The molecule has 0 saturated carbocycles. The van der Waals surface area contributed by atoms with Gasteiger partial charge in [0, 0.05) is 6.07 Å². The van der Waals surface area contributed by atoms with Gasteiger partial charge in [-0.2, -0.15) is 13.7 Å². The van der Waals surface area contributed by atoms with Crippen LogP contribution in [0.15, 0.2) is 41.3 Å². The number of hydrogen-bond donors (Lipinski definition) is 1. The molecule has 0 fully saturated rings. The van der Waals surface area contributed by atoms with Crippen LogP contribution in [0.2, 0.25) is 0 Å². The summed E-state index contributed by atoms with van der Waals surface area (Å²) in [6.45, 7) is 2.43. The van der Waals surface area contributed by atoms with E-state index in [1.165, 1.54) is 24.3 Å². The summed E-state index contributed by atoms with van der Waals surface area (Å²) >= 11 is 0. The van der Waals surface area contributed by atoms with Crippen molar-refractivity contribution in [2.45, 2.75) is 17.7 Å². The number of nitriles is 1. The second-order valence-electron chi connectivity index (χ2n) is 4.61. The lowest BCUT2D eigenvalue weighted by Crippen LogP contribution is -2.12. The molecule has 22 heavy (non-hydrogen) atoms. The Bertz CT molecular complexity index is 780. The first-order valence-electron chi connectivity index (χ1n) is 6.44. The average Bonchev–Trinajstić information content (AvgIpc) is 2.54. The number of nitrogens with two attached hydrogens (primary N) is 1. The van der Waals surface area contributed by atoms with Crippen molar-refractivity contribution < 1.29 is 12.6 Å². The fraction of sp³-hybridized carbons (Fsp3) is 0.214. The molecule has 1 unspecified atom stereocenters. The van der Waals surface area contributed by atoms with Gasteiger partial charge in [-0.15, -0.1) is 10.2 Å². The Kier molecular flexibility index (Phi) is 4.70. The lowest BCUT2D eigenvalue weighted by molar-refractivity contribution is 0.471. The third kappa shape index (κ3) is 3.58. The molecule has 0 aliphatic heterocycles. The standard InChI is InChI=1S/C14H14N4O3S/c1-10(8-15)11-2-5-13(6-3-11)22(19,20)21-14-7-4-12(9-16)17-18-14/h2-7,10H,8,15H2,1H3. The van der Waals surface area contributed by atoms with Crippen molar-refractivity contribution in [3.05, 3.63) is 47.7 Å². The van der Waals surface area contributed by atoms with Gasteiger partial charge in [0.05, 0.1) is 0 Å². The molecular formula is C14H14N4O3S. The van der Waals surface area contributed by atoms with Crippen LogP contribution >= 0.6 is 0 Å². The number of nitrogens with zero attached hydrogens (tertiary/aromatic N) is 3. The second kappa shape index (κ2) is 6.51. The molecular weight excluding hydrogens is 304 g/mol. The molecule has 2 rings (SSSR count). The predicted octanol–water partition coefficient (Wildman–Crippen LogP) is 1.18. The third-order valence-corrected chi connectivity index (χ3v) is 4.28. The number of hydrogen-bond acceptors (Lipinski definition) is 7. The molecule has 0 radical (unpaired) electrons. The van der Waals surface area contributed by atoms with Crippen molar-refractivity contribution >= 4 is 10.1 Å². The summed E-state index contributed by atoms with van der Waals surface area (Å²) in [7, 11) is -4.00. The highest BCUT2D eigenvalue weighted by atomic mass is 32.2. The molecule has 1 aromatic heterocycles. The van der Waals surface area contributed by atoms with Gasteiger partial charge in [-0.25, -0.2) is 0 Å². The molecule has 0 aliphatic rings. The monoisotopic (exact) mass is 318 g/mol. The summed E-state index contributed by atoms with van der Waals surface area (Å²) in [6, 6.07) is 10.7. The number of rotatable bonds is 5. The van der Waals surface area contributed by atoms with Gasteiger partial charge in [-0.3, -0.25) is 0 Å². The Labute approximate surface area is 128 Å². The summed E-state index contributed by atoms with van der Waals surface area (Å²) in [5.74, 6) is -0.0551. The highest BCUT2D eigenvalue weighted by Gasteiger charge is 2.18. The summed E-state index contributed by atoms with van der Waals surface area (Å²) in [5, 5.41) is 15.6. The molecule has 1 heterocycles. The number of benzene rings is 1. The quantitative estimate of drug-likeness (QED) is 0.822. The Balaban J connectivity index is 2.20. The van der Waals surface area contributed by atoms with E-state index in [0.29, 0.717) is 6.54 Å². The number of aromatic nitrogens is 2. The maximum absolute atomic E-state index is 12.1. The SMILES string of the molecule is CC(CN)c1ccc(S(=O)(=O)Oc2ccc(C#N)nn2)cc1. The van der Waals surface area contributed by atoms with Crippen LogP contribution in [-0.2, 0) is 10.1 Å². The Morgan fingerprint density at radius 2 is 1.91 bits per heavy atom. The van der Waals surface area contributed by atoms with E-state index < -0.39 is 10.1 Å². The van der Waals surface area contributed by atoms with Gasteiger partial charge < -0.3 is 9.92 Å². The van der Waals surface area contributed by atoms with Crippen molar-refractivity contribution in [1.29, 1.82) is 5.26 Å². The van der Waals surface area contributed by atoms with Crippen LogP contribution in [0.1, 0.15) is 24.1 Å². The van der Waals surface area contributed by atoms with E-state index in [2.05, 4.69) is 10.2 Å². The van der Waals surface area contributed by atoms with E-state index in [-0.39, 0.29) is 22.4 Å². The molecule has 0 spiro atoms. The van der Waals surface area contributed by atoms with Crippen molar-refractivity contribution in [3.63, 3.8) is 0 Å². The molecule has 0 saturated heterocycles. The average molecular weight is 318 g/mol.